The minimum Gasteiger partial charge on any atom is -0.465 e. The van der Waals surface area contributed by atoms with E-state index in [2.05, 4.69) is 10.3 Å². The Balaban J connectivity index is 1.66. The molecule has 42 heavy (non-hydrogen) atoms. The maximum Gasteiger partial charge on any atom is 0.407 e. The zero-order valence-electron chi connectivity index (χ0n) is 24.6. The van der Waals surface area contributed by atoms with Crippen LogP contribution in [-0.2, 0) is 20.7 Å². The van der Waals surface area contributed by atoms with E-state index in [0.29, 0.717) is 63.0 Å². The van der Waals surface area contributed by atoms with Crippen LogP contribution in [0.5, 0.6) is 0 Å². The van der Waals surface area contributed by atoms with Crippen LogP contribution in [0.3, 0.4) is 0 Å². The fourth-order valence-corrected chi connectivity index (χ4v) is 5.75. The van der Waals surface area contributed by atoms with Gasteiger partial charge in [0.25, 0.3) is 5.91 Å². The van der Waals surface area contributed by atoms with Crippen molar-refractivity contribution in [3.8, 4) is 5.69 Å². The lowest BCUT2D eigenvalue weighted by atomic mass is 9.91. The van der Waals surface area contributed by atoms with E-state index < -0.39 is 18.1 Å². The number of carbonyl (C=O) groups is 3. The summed E-state index contributed by atoms with van der Waals surface area (Å²) in [4.78, 5) is 44.7. The minimum absolute atomic E-state index is 0.0963. The molecule has 0 saturated carbocycles. The number of likely N-dealkylation sites (tertiary alicyclic amines) is 1. The maximum absolute atomic E-state index is 14.3. The molecule has 0 radical (unpaired) electrons. The summed E-state index contributed by atoms with van der Waals surface area (Å²) < 4.78 is 12.3. The highest BCUT2D eigenvalue weighted by Crippen LogP contribution is 2.27. The minimum atomic E-state index is -1.11. The Morgan fingerprint density at radius 3 is 2.48 bits per heavy atom. The summed E-state index contributed by atoms with van der Waals surface area (Å²) in [5.41, 5.74) is 1.62. The molecule has 2 saturated heterocycles. The molecule has 1 N–H and O–H groups in total. The Morgan fingerprint density at radius 2 is 1.83 bits per heavy atom. The molecule has 2 aliphatic rings. The van der Waals surface area contributed by atoms with Crippen LogP contribution in [0.2, 0.25) is 5.02 Å². The molecule has 0 aliphatic carbocycles. The largest absolute Gasteiger partial charge is 0.465 e. The number of ether oxygens (including phenoxy) is 2. The predicted octanol–water partition coefficient (Wildman–Crippen LogP) is 3.22. The van der Waals surface area contributed by atoms with Crippen LogP contribution in [0.1, 0.15) is 49.3 Å². The van der Waals surface area contributed by atoms with Crippen molar-refractivity contribution >= 4 is 29.5 Å². The predicted molar refractivity (Wildman–Crippen MR) is 156 cm³/mol. The number of morpholine rings is 1. The molecule has 230 valence electrons. The van der Waals surface area contributed by atoms with Crippen molar-refractivity contribution < 1.29 is 29.0 Å². The second-order valence-electron chi connectivity index (χ2n) is 11.3. The number of carboxylic acid groups (broad SMARTS) is 1. The summed E-state index contributed by atoms with van der Waals surface area (Å²) in [5.74, 6) is -0.878. The first-order valence-electron chi connectivity index (χ1n) is 14.5. The molecule has 1 aromatic carbocycles. The molecular formula is C29H41ClN6O6. The summed E-state index contributed by atoms with van der Waals surface area (Å²) in [6, 6.07) is 6.66. The summed E-state index contributed by atoms with van der Waals surface area (Å²) >= 11 is 6.11. The highest BCUT2D eigenvalue weighted by Gasteiger charge is 2.41. The smallest absolute Gasteiger partial charge is 0.407 e. The quantitative estimate of drug-likeness (QED) is 0.387. The van der Waals surface area contributed by atoms with E-state index in [9.17, 15) is 19.5 Å². The molecule has 2 atom stereocenters. The first-order chi connectivity index (χ1) is 20.2. The van der Waals surface area contributed by atoms with Gasteiger partial charge in [-0.1, -0.05) is 30.7 Å². The van der Waals surface area contributed by atoms with Crippen LogP contribution < -0.4 is 0 Å². The van der Waals surface area contributed by atoms with Crippen molar-refractivity contribution in [2.24, 2.45) is 11.8 Å². The van der Waals surface area contributed by atoms with Gasteiger partial charge < -0.3 is 29.3 Å². The van der Waals surface area contributed by atoms with E-state index in [1.54, 1.807) is 33.7 Å². The fourth-order valence-electron chi connectivity index (χ4n) is 5.62. The van der Waals surface area contributed by atoms with Crippen LogP contribution in [0.15, 0.2) is 24.3 Å². The van der Waals surface area contributed by atoms with Crippen molar-refractivity contribution in [2.75, 3.05) is 59.7 Å². The normalized spacial score (nSPS) is 19.3. The molecule has 0 unspecified atom stereocenters. The molecule has 0 spiro atoms. The molecule has 2 aromatic rings. The molecule has 12 nitrogen and oxygen atoms in total. The average molecular weight is 605 g/mol. The standard InChI is InChI=1S/C29H41ClN6O6/c1-20(2)17-35(24-16-21(18-34(19-24)29(39)40)27(37)33-11-14-42-15-12-33)28(38)26-25(6-4-5-13-41-3)36(32-31-26)23-9-7-22(30)8-10-23/h7-10,20-21,24H,4-6,11-19H2,1-3H3,(H,39,40)/t21-,24+/m1/s1. The Labute approximate surface area is 251 Å². The molecule has 13 heteroatoms. The van der Waals surface area contributed by atoms with Gasteiger partial charge in [-0.25, -0.2) is 9.48 Å². The van der Waals surface area contributed by atoms with Gasteiger partial charge in [0.05, 0.1) is 36.6 Å². The summed E-state index contributed by atoms with van der Waals surface area (Å²) in [5, 5.41) is 19.3. The zero-order chi connectivity index (χ0) is 30.2. The monoisotopic (exact) mass is 604 g/mol. The number of halogens is 1. The van der Waals surface area contributed by atoms with Crippen LogP contribution in [0.4, 0.5) is 4.79 Å². The van der Waals surface area contributed by atoms with E-state index in [-0.39, 0.29) is 36.5 Å². The lowest BCUT2D eigenvalue weighted by Crippen LogP contribution is -2.58. The fraction of sp³-hybridized carbons (Fsp3) is 0.621. The SMILES string of the molecule is COCCCCc1c(C(=O)N(CC(C)C)[C@H]2C[C@@H](C(=O)N3CCOCC3)CN(C(=O)O)C2)nnn1-c1ccc(Cl)cc1. The van der Waals surface area contributed by atoms with Gasteiger partial charge in [-0.05, 0) is 55.9 Å². The third-order valence-electron chi connectivity index (χ3n) is 7.68. The number of aromatic nitrogens is 3. The van der Waals surface area contributed by atoms with E-state index in [1.807, 2.05) is 26.0 Å². The van der Waals surface area contributed by atoms with Gasteiger partial charge in [-0.15, -0.1) is 5.10 Å². The van der Waals surface area contributed by atoms with Crippen LogP contribution in [0.25, 0.3) is 5.69 Å². The number of hydrogen-bond acceptors (Lipinski definition) is 7. The average Bonchev–Trinajstić information content (AvgIpc) is 3.41. The number of benzene rings is 1. The second-order valence-corrected chi connectivity index (χ2v) is 11.7. The van der Waals surface area contributed by atoms with Crippen molar-refractivity contribution in [1.29, 1.82) is 0 Å². The molecule has 3 amide bonds. The third-order valence-corrected chi connectivity index (χ3v) is 7.94. The van der Waals surface area contributed by atoms with Gasteiger partial charge in [0, 0.05) is 51.5 Å². The highest BCUT2D eigenvalue weighted by atomic mass is 35.5. The Bertz CT molecular complexity index is 1220. The number of methoxy groups -OCH3 is 1. The Hall–Kier alpha value is -3.22. The van der Waals surface area contributed by atoms with E-state index in [0.717, 1.165) is 18.5 Å². The summed E-state index contributed by atoms with van der Waals surface area (Å²) in [6.45, 7) is 7.07. The number of amides is 3. The number of piperidine rings is 1. The number of unbranched alkanes of at least 4 members (excludes halogenated alkanes) is 1. The molecule has 1 aromatic heterocycles. The molecule has 4 rings (SSSR count). The van der Waals surface area contributed by atoms with E-state index in [1.165, 1.54) is 4.90 Å². The molecular weight excluding hydrogens is 564 g/mol. The summed E-state index contributed by atoms with van der Waals surface area (Å²) in [7, 11) is 1.65. The van der Waals surface area contributed by atoms with Crippen molar-refractivity contribution in [1.82, 2.24) is 29.7 Å². The van der Waals surface area contributed by atoms with E-state index >= 15 is 0 Å². The lowest BCUT2D eigenvalue weighted by molar-refractivity contribution is -0.142. The number of hydrogen-bond donors (Lipinski definition) is 1. The van der Waals surface area contributed by atoms with Crippen LogP contribution >= 0.6 is 11.6 Å². The first kappa shape index (κ1) is 31.7. The van der Waals surface area contributed by atoms with Gasteiger partial charge in [0.2, 0.25) is 5.91 Å². The van der Waals surface area contributed by atoms with Crippen LogP contribution in [0, 0.1) is 11.8 Å². The first-order valence-corrected chi connectivity index (χ1v) is 14.9. The molecule has 3 heterocycles. The Kier molecular flexibility index (Phi) is 11.2. The number of nitrogens with zero attached hydrogens (tertiary/aromatic N) is 6. The second kappa shape index (κ2) is 14.8. The maximum atomic E-state index is 14.3. The van der Waals surface area contributed by atoms with Gasteiger partial charge in [-0.3, -0.25) is 9.59 Å². The molecule has 0 bridgehead atoms. The third kappa shape index (κ3) is 7.78. The number of rotatable bonds is 11. The van der Waals surface area contributed by atoms with Crippen LogP contribution in [-0.4, -0.2) is 118 Å². The van der Waals surface area contributed by atoms with Crippen molar-refractivity contribution in [3.05, 3.63) is 40.7 Å². The van der Waals surface area contributed by atoms with Crippen molar-refractivity contribution in [3.63, 3.8) is 0 Å². The highest BCUT2D eigenvalue weighted by molar-refractivity contribution is 6.30. The number of carbonyl (C=O) groups excluding carboxylic acids is 2. The molecule has 2 fully saturated rings. The summed E-state index contributed by atoms with van der Waals surface area (Å²) in [6.07, 6.45) is 1.36. The van der Waals surface area contributed by atoms with Gasteiger partial charge >= 0.3 is 6.09 Å². The van der Waals surface area contributed by atoms with Gasteiger partial charge in [-0.2, -0.15) is 0 Å². The van der Waals surface area contributed by atoms with E-state index in [4.69, 9.17) is 21.1 Å². The Morgan fingerprint density at radius 1 is 1.12 bits per heavy atom. The molecule has 2 aliphatic heterocycles. The van der Waals surface area contributed by atoms with Crippen molar-refractivity contribution in [2.45, 2.75) is 45.6 Å². The van der Waals surface area contributed by atoms with Gasteiger partial charge in [0.1, 0.15) is 0 Å². The lowest BCUT2D eigenvalue weighted by Gasteiger charge is -2.43. The topological polar surface area (TPSA) is 130 Å². The zero-order valence-corrected chi connectivity index (χ0v) is 25.3. The van der Waals surface area contributed by atoms with Gasteiger partial charge in [0.15, 0.2) is 5.69 Å².